The molecule has 0 aromatic heterocycles. The zero-order chi connectivity index (χ0) is 25.3. The molecule has 0 saturated heterocycles. The molecule has 0 aliphatic heterocycles. The number of carbonyl (C=O) groups excluding carboxylic acids is 1. The second-order valence-electron chi connectivity index (χ2n) is 11.2. The van der Waals surface area contributed by atoms with E-state index in [1.165, 1.54) is 128 Å². The van der Waals surface area contributed by atoms with Crippen LogP contribution in [-0.4, -0.2) is 16.9 Å². The molecule has 34 heavy (non-hydrogen) atoms. The molecule has 0 radical (unpaired) electrons. The van der Waals surface area contributed by atoms with Crippen LogP contribution in [0.25, 0.3) is 0 Å². The molecule has 0 aliphatic carbocycles. The van der Waals surface area contributed by atoms with Crippen LogP contribution >= 0.6 is 0 Å². The van der Waals surface area contributed by atoms with E-state index >= 15 is 0 Å². The molecule has 3 heteroatoms. The Balaban J connectivity index is 3.19. The van der Waals surface area contributed by atoms with E-state index in [0.29, 0.717) is 12.2 Å². The zero-order valence-corrected chi connectivity index (χ0v) is 23.4. The van der Waals surface area contributed by atoms with Gasteiger partial charge in [0.2, 0.25) is 0 Å². The molecule has 0 bridgehead atoms. The number of ketones is 1. The standard InChI is InChI=1S/C31H60O3/c1-28(25-21-17-15-18-22-26-29(2)30(3)32)24-20-16-13-11-9-7-5-4-6-8-10-12-14-19-23-27-31(33)34/h28-29H,4-27H2,1-3H3,(H,33,34). The number of carbonyl (C=O) groups is 2. The van der Waals surface area contributed by atoms with Gasteiger partial charge in [-0.2, -0.15) is 0 Å². The molecule has 0 rings (SSSR count). The van der Waals surface area contributed by atoms with Crippen molar-refractivity contribution in [3.63, 3.8) is 0 Å². The number of Topliss-reactive ketones (excluding diaryl/α,β-unsaturated/α-hetero) is 1. The number of carboxylic acid groups (broad SMARTS) is 1. The lowest BCUT2D eigenvalue weighted by Gasteiger charge is -2.11. The van der Waals surface area contributed by atoms with Gasteiger partial charge >= 0.3 is 5.97 Å². The van der Waals surface area contributed by atoms with Gasteiger partial charge in [-0.3, -0.25) is 9.59 Å². The summed E-state index contributed by atoms with van der Waals surface area (Å²) < 4.78 is 0. The Bertz CT molecular complexity index is 460. The SMILES string of the molecule is CC(=O)C(C)CCCCCCCC(C)CCCCCCCCCCCCCCCCCC(=O)O. The summed E-state index contributed by atoms with van der Waals surface area (Å²) in [7, 11) is 0. The van der Waals surface area contributed by atoms with E-state index in [9.17, 15) is 9.59 Å². The van der Waals surface area contributed by atoms with Crippen molar-refractivity contribution in [3.05, 3.63) is 0 Å². The molecule has 0 amide bonds. The van der Waals surface area contributed by atoms with Crippen molar-refractivity contribution in [3.8, 4) is 0 Å². The molecule has 3 nitrogen and oxygen atoms in total. The Morgan fingerprint density at radius 1 is 0.500 bits per heavy atom. The van der Waals surface area contributed by atoms with E-state index in [-0.39, 0.29) is 5.92 Å². The maximum Gasteiger partial charge on any atom is 0.303 e. The number of hydrogen-bond acceptors (Lipinski definition) is 2. The number of rotatable bonds is 27. The van der Waals surface area contributed by atoms with Crippen LogP contribution in [0.2, 0.25) is 0 Å². The highest BCUT2D eigenvalue weighted by Crippen LogP contribution is 2.19. The number of unbranched alkanes of at least 4 members (excludes halogenated alkanes) is 18. The first-order valence-corrected chi connectivity index (χ1v) is 15.2. The van der Waals surface area contributed by atoms with Gasteiger partial charge < -0.3 is 5.11 Å². The third kappa shape index (κ3) is 25.8. The molecule has 0 saturated carbocycles. The van der Waals surface area contributed by atoms with Crippen LogP contribution in [0, 0.1) is 11.8 Å². The lowest BCUT2D eigenvalue weighted by molar-refractivity contribution is -0.137. The zero-order valence-electron chi connectivity index (χ0n) is 23.4. The number of carboxylic acids is 1. The smallest absolute Gasteiger partial charge is 0.303 e. The summed E-state index contributed by atoms with van der Waals surface area (Å²) in [6, 6.07) is 0. The average Bonchev–Trinajstić information content (AvgIpc) is 2.79. The van der Waals surface area contributed by atoms with E-state index in [1.54, 1.807) is 6.92 Å². The fraction of sp³-hybridized carbons (Fsp3) is 0.935. The highest BCUT2D eigenvalue weighted by atomic mass is 16.4. The molecule has 0 aromatic carbocycles. The van der Waals surface area contributed by atoms with E-state index in [1.807, 2.05) is 0 Å². The highest BCUT2D eigenvalue weighted by Gasteiger charge is 2.06. The van der Waals surface area contributed by atoms with Gasteiger partial charge in [-0.25, -0.2) is 0 Å². The maximum absolute atomic E-state index is 11.2. The van der Waals surface area contributed by atoms with Crippen molar-refractivity contribution in [1.29, 1.82) is 0 Å². The molecule has 1 N–H and O–H groups in total. The van der Waals surface area contributed by atoms with Gasteiger partial charge in [0.1, 0.15) is 5.78 Å². The quantitative estimate of drug-likeness (QED) is 0.119. The summed E-state index contributed by atoms with van der Waals surface area (Å²) >= 11 is 0. The van der Waals surface area contributed by atoms with E-state index in [4.69, 9.17) is 5.11 Å². The van der Waals surface area contributed by atoms with Crippen LogP contribution < -0.4 is 0 Å². The Morgan fingerprint density at radius 2 is 0.794 bits per heavy atom. The van der Waals surface area contributed by atoms with Crippen LogP contribution in [0.3, 0.4) is 0 Å². The van der Waals surface area contributed by atoms with Crippen LogP contribution in [0.1, 0.15) is 175 Å². The van der Waals surface area contributed by atoms with E-state index in [0.717, 1.165) is 25.2 Å². The summed E-state index contributed by atoms with van der Waals surface area (Å²) in [6.07, 6.45) is 30.6. The van der Waals surface area contributed by atoms with Crippen molar-refractivity contribution < 1.29 is 14.7 Å². The molecule has 0 spiro atoms. The van der Waals surface area contributed by atoms with Crippen molar-refractivity contribution in [2.75, 3.05) is 0 Å². The van der Waals surface area contributed by atoms with Gasteiger partial charge in [-0.15, -0.1) is 0 Å². The lowest BCUT2D eigenvalue weighted by Crippen LogP contribution is -2.05. The van der Waals surface area contributed by atoms with Crippen molar-refractivity contribution in [2.45, 2.75) is 175 Å². The minimum absolute atomic E-state index is 0.260. The second-order valence-corrected chi connectivity index (χ2v) is 11.2. The molecule has 0 aliphatic rings. The highest BCUT2D eigenvalue weighted by molar-refractivity contribution is 5.77. The van der Waals surface area contributed by atoms with Crippen LogP contribution in [0.15, 0.2) is 0 Å². The average molecular weight is 481 g/mol. The predicted octanol–water partition coefficient (Wildman–Crippen LogP) is 10.3. The lowest BCUT2D eigenvalue weighted by atomic mass is 9.95. The van der Waals surface area contributed by atoms with Crippen LogP contribution in [-0.2, 0) is 9.59 Å². The maximum atomic E-state index is 11.2. The minimum Gasteiger partial charge on any atom is -0.481 e. The van der Waals surface area contributed by atoms with Gasteiger partial charge in [0, 0.05) is 12.3 Å². The Hall–Kier alpha value is -0.860. The fourth-order valence-corrected chi connectivity index (χ4v) is 4.89. The largest absolute Gasteiger partial charge is 0.481 e. The summed E-state index contributed by atoms with van der Waals surface area (Å²) in [4.78, 5) is 21.7. The third-order valence-corrected chi connectivity index (χ3v) is 7.62. The van der Waals surface area contributed by atoms with Gasteiger partial charge in [0.25, 0.3) is 0 Å². The summed E-state index contributed by atoms with van der Waals surface area (Å²) in [5.74, 6) is 0.839. The Morgan fingerprint density at radius 3 is 1.12 bits per heavy atom. The number of aliphatic carboxylic acids is 1. The van der Waals surface area contributed by atoms with Crippen molar-refractivity contribution in [2.24, 2.45) is 11.8 Å². The topological polar surface area (TPSA) is 54.4 Å². The van der Waals surface area contributed by atoms with Crippen molar-refractivity contribution >= 4 is 11.8 Å². The summed E-state index contributed by atoms with van der Waals surface area (Å²) in [5.41, 5.74) is 0. The van der Waals surface area contributed by atoms with Gasteiger partial charge in [0.05, 0.1) is 0 Å². The summed E-state index contributed by atoms with van der Waals surface area (Å²) in [6.45, 7) is 6.22. The van der Waals surface area contributed by atoms with Crippen molar-refractivity contribution in [1.82, 2.24) is 0 Å². The third-order valence-electron chi connectivity index (χ3n) is 7.62. The molecule has 0 fully saturated rings. The predicted molar refractivity (Wildman–Crippen MR) is 147 cm³/mol. The molecular weight excluding hydrogens is 420 g/mol. The molecular formula is C31H60O3. The first-order chi connectivity index (χ1) is 16.4. The first kappa shape index (κ1) is 33.1. The fourth-order valence-electron chi connectivity index (χ4n) is 4.89. The normalized spacial score (nSPS) is 13.1. The second kappa shape index (κ2) is 25.2. The molecule has 2 atom stereocenters. The molecule has 0 heterocycles. The Kier molecular flexibility index (Phi) is 24.6. The van der Waals surface area contributed by atoms with E-state index < -0.39 is 5.97 Å². The summed E-state index contributed by atoms with van der Waals surface area (Å²) in [5, 5.41) is 8.61. The minimum atomic E-state index is -0.656. The van der Waals surface area contributed by atoms with Gasteiger partial charge in [-0.05, 0) is 25.7 Å². The molecule has 202 valence electrons. The molecule has 2 unspecified atom stereocenters. The van der Waals surface area contributed by atoms with Crippen LogP contribution in [0.5, 0.6) is 0 Å². The van der Waals surface area contributed by atoms with Gasteiger partial charge in [-0.1, -0.05) is 149 Å². The van der Waals surface area contributed by atoms with Crippen LogP contribution in [0.4, 0.5) is 0 Å². The van der Waals surface area contributed by atoms with Gasteiger partial charge in [0.15, 0.2) is 0 Å². The molecule has 0 aromatic rings. The monoisotopic (exact) mass is 480 g/mol. The number of hydrogen-bond donors (Lipinski definition) is 1. The first-order valence-electron chi connectivity index (χ1n) is 15.2. The Labute approximate surface area is 213 Å². The van der Waals surface area contributed by atoms with E-state index in [2.05, 4.69) is 13.8 Å².